The summed E-state index contributed by atoms with van der Waals surface area (Å²) in [6.45, 7) is 11.0. The Bertz CT molecular complexity index is 212. The number of unbranched alkanes of at least 4 members (excludes halogenated alkanes) is 1. The maximum absolute atomic E-state index is 7.47. The van der Waals surface area contributed by atoms with Crippen LogP contribution in [0.25, 0.3) is 0 Å². The summed E-state index contributed by atoms with van der Waals surface area (Å²) >= 11 is 2.06. The monoisotopic (exact) mass is 244 g/mol. The van der Waals surface area contributed by atoms with Crippen LogP contribution in [0, 0.1) is 16.7 Å². The molecule has 1 unspecified atom stereocenters. The molecule has 0 aliphatic heterocycles. The lowest BCUT2D eigenvalue weighted by Crippen LogP contribution is -2.30. The zero-order valence-corrected chi connectivity index (χ0v) is 12.3. The van der Waals surface area contributed by atoms with Crippen LogP contribution < -0.4 is 5.73 Å². The average Bonchev–Trinajstić information content (AvgIpc) is 2.16. The lowest BCUT2D eigenvalue weighted by Gasteiger charge is -2.22. The fourth-order valence-corrected chi connectivity index (χ4v) is 2.39. The first kappa shape index (κ1) is 15.8. The highest BCUT2D eigenvalue weighted by Crippen LogP contribution is 2.25. The van der Waals surface area contributed by atoms with E-state index in [-0.39, 0.29) is 5.41 Å². The van der Waals surface area contributed by atoms with Gasteiger partial charge in [0.15, 0.2) is 0 Å². The Morgan fingerprint density at radius 1 is 1.25 bits per heavy atom. The summed E-state index contributed by atoms with van der Waals surface area (Å²) < 4.78 is 0. The van der Waals surface area contributed by atoms with Gasteiger partial charge in [-0.1, -0.05) is 41.0 Å². The van der Waals surface area contributed by atoms with Gasteiger partial charge in [-0.15, -0.1) is 0 Å². The van der Waals surface area contributed by atoms with Crippen LogP contribution in [0.5, 0.6) is 0 Å². The Balaban J connectivity index is 3.58. The first-order valence-electron chi connectivity index (χ1n) is 6.23. The summed E-state index contributed by atoms with van der Waals surface area (Å²) in [5.41, 5.74) is 5.43. The minimum absolute atomic E-state index is 0.117. The van der Waals surface area contributed by atoms with Crippen molar-refractivity contribution in [3.63, 3.8) is 0 Å². The number of nitrogens with one attached hydrogen (secondary N) is 1. The van der Waals surface area contributed by atoms with Crippen molar-refractivity contribution in [2.24, 2.45) is 17.1 Å². The Hall–Kier alpha value is -0.180. The zero-order chi connectivity index (χ0) is 12.8. The van der Waals surface area contributed by atoms with E-state index in [0.717, 1.165) is 17.6 Å². The molecule has 96 valence electrons. The topological polar surface area (TPSA) is 49.9 Å². The van der Waals surface area contributed by atoms with Crippen LogP contribution in [0.3, 0.4) is 0 Å². The quantitative estimate of drug-likeness (QED) is 0.386. The van der Waals surface area contributed by atoms with Crippen LogP contribution >= 0.6 is 11.8 Å². The lowest BCUT2D eigenvalue weighted by molar-refractivity contribution is 0.448. The van der Waals surface area contributed by atoms with Crippen molar-refractivity contribution in [2.45, 2.75) is 59.1 Å². The van der Waals surface area contributed by atoms with Crippen LogP contribution in [0.4, 0.5) is 0 Å². The molecule has 3 N–H and O–H groups in total. The van der Waals surface area contributed by atoms with E-state index in [1.54, 1.807) is 0 Å². The molecule has 0 radical (unpaired) electrons. The Morgan fingerprint density at radius 2 is 1.81 bits per heavy atom. The number of amidine groups is 1. The van der Waals surface area contributed by atoms with E-state index in [0.29, 0.717) is 5.84 Å². The van der Waals surface area contributed by atoms with Gasteiger partial charge >= 0.3 is 0 Å². The molecular formula is C13H28N2S. The molecular weight excluding hydrogens is 216 g/mol. The second-order valence-corrected chi connectivity index (χ2v) is 7.06. The predicted molar refractivity (Wildman–Crippen MR) is 76.3 cm³/mol. The summed E-state index contributed by atoms with van der Waals surface area (Å²) in [6, 6.07) is 0. The van der Waals surface area contributed by atoms with Gasteiger partial charge in [-0.2, -0.15) is 11.8 Å². The predicted octanol–water partition coefficient (Wildman–Crippen LogP) is 3.90. The molecule has 0 spiro atoms. The number of nitrogens with two attached hydrogens (primary N) is 1. The maximum Gasteiger partial charge on any atom is 0.0963 e. The maximum atomic E-state index is 7.47. The third kappa shape index (κ3) is 6.41. The molecule has 0 aliphatic rings. The average molecular weight is 244 g/mol. The number of hydrogen-bond donors (Lipinski definition) is 2. The highest BCUT2D eigenvalue weighted by atomic mass is 32.2. The van der Waals surface area contributed by atoms with Gasteiger partial charge < -0.3 is 5.73 Å². The van der Waals surface area contributed by atoms with Gasteiger partial charge in [0.2, 0.25) is 0 Å². The van der Waals surface area contributed by atoms with Crippen molar-refractivity contribution >= 4 is 17.6 Å². The molecule has 0 aromatic rings. The molecule has 0 fully saturated rings. The summed E-state index contributed by atoms with van der Waals surface area (Å²) in [4.78, 5) is 0. The van der Waals surface area contributed by atoms with E-state index in [2.05, 4.69) is 46.4 Å². The van der Waals surface area contributed by atoms with Crippen LogP contribution in [0.1, 0.15) is 53.9 Å². The largest absolute Gasteiger partial charge is 0.387 e. The van der Waals surface area contributed by atoms with Gasteiger partial charge in [-0.25, -0.2) is 0 Å². The molecule has 0 aliphatic carbocycles. The Morgan fingerprint density at radius 3 is 2.25 bits per heavy atom. The molecule has 0 saturated heterocycles. The Labute approximate surface area is 105 Å². The SMILES string of the molecule is CC(C)C(C)SCCCCC(C)(C)C(=N)N. The second kappa shape index (κ2) is 7.21. The molecule has 0 amide bonds. The summed E-state index contributed by atoms with van der Waals surface area (Å²) in [5.74, 6) is 2.31. The van der Waals surface area contributed by atoms with Crippen LogP contribution in [-0.4, -0.2) is 16.8 Å². The van der Waals surface area contributed by atoms with Crippen molar-refractivity contribution < 1.29 is 0 Å². The van der Waals surface area contributed by atoms with E-state index in [1.807, 2.05) is 0 Å². The fourth-order valence-electron chi connectivity index (χ4n) is 1.27. The molecule has 0 aromatic heterocycles. The molecule has 2 nitrogen and oxygen atoms in total. The molecule has 0 bridgehead atoms. The van der Waals surface area contributed by atoms with Crippen LogP contribution in [0.2, 0.25) is 0 Å². The van der Waals surface area contributed by atoms with Gasteiger partial charge in [0.1, 0.15) is 0 Å². The highest BCUT2D eigenvalue weighted by Gasteiger charge is 2.20. The number of rotatable bonds is 8. The zero-order valence-electron chi connectivity index (χ0n) is 11.5. The van der Waals surface area contributed by atoms with Crippen molar-refractivity contribution in [3.8, 4) is 0 Å². The van der Waals surface area contributed by atoms with E-state index >= 15 is 0 Å². The van der Waals surface area contributed by atoms with Gasteiger partial charge in [0.25, 0.3) is 0 Å². The molecule has 1 atom stereocenters. The number of thioether (sulfide) groups is 1. The van der Waals surface area contributed by atoms with Gasteiger partial charge in [0.05, 0.1) is 5.84 Å². The highest BCUT2D eigenvalue weighted by molar-refractivity contribution is 7.99. The second-order valence-electron chi connectivity index (χ2n) is 5.57. The van der Waals surface area contributed by atoms with E-state index in [4.69, 9.17) is 11.1 Å². The van der Waals surface area contributed by atoms with E-state index < -0.39 is 0 Å². The molecule has 0 aromatic carbocycles. The third-order valence-corrected chi connectivity index (χ3v) is 4.84. The van der Waals surface area contributed by atoms with Crippen LogP contribution in [-0.2, 0) is 0 Å². The first-order valence-corrected chi connectivity index (χ1v) is 7.28. The van der Waals surface area contributed by atoms with Crippen molar-refractivity contribution in [2.75, 3.05) is 5.75 Å². The van der Waals surface area contributed by atoms with E-state index in [1.165, 1.54) is 18.6 Å². The summed E-state index contributed by atoms with van der Waals surface area (Å²) in [6.07, 6.45) is 3.43. The minimum Gasteiger partial charge on any atom is -0.387 e. The molecule has 0 saturated carbocycles. The standard InChI is InChI=1S/C13H28N2S/c1-10(2)11(3)16-9-7-6-8-13(4,5)12(14)15/h10-11H,6-9H2,1-5H3,(H3,14,15). The van der Waals surface area contributed by atoms with E-state index in [9.17, 15) is 0 Å². The van der Waals surface area contributed by atoms with Gasteiger partial charge in [-0.3, -0.25) is 5.41 Å². The van der Waals surface area contributed by atoms with Crippen molar-refractivity contribution in [1.29, 1.82) is 5.41 Å². The van der Waals surface area contributed by atoms with Crippen molar-refractivity contribution in [3.05, 3.63) is 0 Å². The summed E-state index contributed by atoms with van der Waals surface area (Å²) in [5, 5.41) is 8.23. The fraction of sp³-hybridized carbons (Fsp3) is 0.923. The molecule has 0 rings (SSSR count). The smallest absolute Gasteiger partial charge is 0.0963 e. The van der Waals surface area contributed by atoms with Gasteiger partial charge in [0, 0.05) is 10.7 Å². The molecule has 0 heterocycles. The number of hydrogen-bond acceptors (Lipinski definition) is 2. The summed E-state index contributed by atoms with van der Waals surface area (Å²) in [7, 11) is 0. The Kier molecular flexibility index (Phi) is 7.12. The van der Waals surface area contributed by atoms with Crippen molar-refractivity contribution in [1.82, 2.24) is 0 Å². The molecule has 3 heteroatoms. The minimum atomic E-state index is -0.117. The normalized spacial score (nSPS) is 14.1. The molecule has 16 heavy (non-hydrogen) atoms. The van der Waals surface area contributed by atoms with Gasteiger partial charge in [-0.05, 0) is 24.5 Å². The lowest BCUT2D eigenvalue weighted by atomic mass is 9.86. The van der Waals surface area contributed by atoms with Crippen LogP contribution in [0.15, 0.2) is 0 Å². The third-order valence-electron chi connectivity index (χ3n) is 3.24. The first-order chi connectivity index (χ1) is 7.27.